The van der Waals surface area contributed by atoms with Gasteiger partial charge in [-0.05, 0) is 29.3 Å². The Morgan fingerprint density at radius 2 is 1.60 bits per heavy atom. The lowest BCUT2D eigenvalue weighted by molar-refractivity contribution is -0.146. The van der Waals surface area contributed by atoms with Crippen LogP contribution in [0.3, 0.4) is 0 Å². The highest BCUT2D eigenvalue weighted by atomic mass is 16.6. The first-order chi connectivity index (χ1) is 14.7. The summed E-state index contributed by atoms with van der Waals surface area (Å²) in [7, 11) is 0. The van der Waals surface area contributed by atoms with Gasteiger partial charge in [0.25, 0.3) is 5.91 Å². The summed E-state index contributed by atoms with van der Waals surface area (Å²) >= 11 is 0. The maximum atomic E-state index is 12.3. The summed E-state index contributed by atoms with van der Waals surface area (Å²) < 4.78 is 16.1. The Hall–Kier alpha value is -3.80. The standard InChI is InChI=1S/C24H21NO5/c26-23(25-20-9-5-4-8-19(20)18-6-2-1-3-7-18)16-30-24(27)15-17-10-11-21-22(14-17)29-13-12-28-21/h1-11,14H,12-13,15-16H2,(H,25,26). The van der Waals surface area contributed by atoms with Gasteiger partial charge in [-0.15, -0.1) is 0 Å². The van der Waals surface area contributed by atoms with Crippen LogP contribution in [0.5, 0.6) is 11.5 Å². The van der Waals surface area contributed by atoms with Crippen molar-refractivity contribution >= 4 is 17.6 Å². The van der Waals surface area contributed by atoms with Crippen LogP contribution in [0.4, 0.5) is 5.69 Å². The molecule has 0 fully saturated rings. The van der Waals surface area contributed by atoms with Gasteiger partial charge in [0.2, 0.25) is 0 Å². The molecule has 3 aromatic rings. The molecular formula is C24H21NO5. The van der Waals surface area contributed by atoms with Crippen molar-refractivity contribution in [1.29, 1.82) is 0 Å². The molecule has 0 bridgehead atoms. The van der Waals surface area contributed by atoms with Gasteiger partial charge in [0, 0.05) is 11.3 Å². The number of esters is 1. The van der Waals surface area contributed by atoms with Crippen molar-refractivity contribution in [2.24, 2.45) is 0 Å². The highest BCUT2D eigenvalue weighted by Crippen LogP contribution is 2.31. The van der Waals surface area contributed by atoms with Gasteiger partial charge >= 0.3 is 5.97 Å². The first kappa shape index (κ1) is 19.5. The van der Waals surface area contributed by atoms with Crippen LogP contribution in [0.1, 0.15) is 5.56 Å². The van der Waals surface area contributed by atoms with Crippen LogP contribution in [0.2, 0.25) is 0 Å². The molecule has 1 N–H and O–H groups in total. The van der Waals surface area contributed by atoms with E-state index in [9.17, 15) is 9.59 Å². The molecule has 0 spiro atoms. The van der Waals surface area contributed by atoms with E-state index in [1.54, 1.807) is 18.2 Å². The predicted octanol–water partition coefficient (Wildman–Crippen LogP) is 3.85. The first-order valence-corrected chi connectivity index (χ1v) is 9.67. The average Bonchev–Trinajstić information content (AvgIpc) is 2.79. The fourth-order valence-corrected chi connectivity index (χ4v) is 3.21. The zero-order valence-electron chi connectivity index (χ0n) is 16.3. The zero-order chi connectivity index (χ0) is 20.8. The van der Waals surface area contributed by atoms with E-state index in [4.69, 9.17) is 14.2 Å². The average molecular weight is 403 g/mol. The topological polar surface area (TPSA) is 73.9 Å². The molecule has 1 heterocycles. The molecule has 30 heavy (non-hydrogen) atoms. The Morgan fingerprint density at radius 3 is 2.43 bits per heavy atom. The quantitative estimate of drug-likeness (QED) is 0.633. The summed E-state index contributed by atoms with van der Waals surface area (Å²) in [6.07, 6.45) is 0.0462. The Labute approximate surface area is 174 Å². The Balaban J connectivity index is 1.33. The second-order valence-electron chi connectivity index (χ2n) is 6.78. The van der Waals surface area contributed by atoms with E-state index in [1.807, 2.05) is 54.6 Å². The Morgan fingerprint density at radius 1 is 0.867 bits per heavy atom. The number of carbonyl (C=O) groups is 2. The summed E-state index contributed by atoms with van der Waals surface area (Å²) in [5.41, 5.74) is 3.29. The van der Waals surface area contributed by atoms with Crippen molar-refractivity contribution in [1.82, 2.24) is 0 Å². The maximum absolute atomic E-state index is 12.3. The van der Waals surface area contributed by atoms with Gasteiger partial charge in [0.05, 0.1) is 6.42 Å². The monoisotopic (exact) mass is 403 g/mol. The van der Waals surface area contributed by atoms with Crippen molar-refractivity contribution in [3.05, 3.63) is 78.4 Å². The van der Waals surface area contributed by atoms with E-state index in [1.165, 1.54) is 0 Å². The summed E-state index contributed by atoms with van der Waals surface area (Å²) in [5, 5.41) is 2.82. The largest absolute Gasteiger partial charge is 0.486 e. The molecule has 0 aliphatic carbocycles. The van der Waals surface area contributed by atoms with Crippen LogP contribution in [0.25, 0.3) is 11.1 Å². The number of hydrogen-bond donors (Lipinski definition) is 1. The van der Waals surface area contributed by atoms with E-state index in [2.05, 4.69) is 5.32 Å². The third-order valence-corrected chi connectivity index (χ3v) is 4.61. The minimum absolute atomic E-state index is 0.0462. The lowest BCUT2D eigenvalue weighted by Crippen LogP contribution is -2.22. The normalized spacial score (nSPS) is 12.1. The molecule has 6 nitrogen and oxygen atoms in total. The first-order valence-electron chi connectivity index (χ1n) is 9.67. The van der Waals surface area contributed by atoms with Crippen LogP contribution in [0, 0.1) is 0 Å². The predicted molar refractivity (Wildman–Crippen MR) is 113 cm³/mol. The zero-order valence-corrected chi connectivity index (χ0v) is 16.3. The number of benzene rings is 3. The number of amides is 1. The second-order valence-corrected chi connectivity index (χ2v) is 6.78. The van der Waals surface area contributed by atoms with Crippen molar-refractivity contribution in [3.8, 4) is 22.6 Å². The van der Waals surface area contributed by atoms with Crippen molar-refractivity contribution in [2.75, 3.05) is 25.1 Å². The molecule has 1 aliphatic heterocycles. The highest BCUT2D eigenvalue weighted by molar-refractivity contribution is 5.97. The number of anilines is 1. The number of para-hydroxylation sites is 1. The van der Waals surface area contributed by atoms with E-state index in [0.29, 0.717) is 30.4 Å². The van der Waals surface area contributed by atoms with Crippen molar-refractivity contribution in [3.63, 3.8) is 0 Å². The van der Waals surface area contributed by atoms with Crippen LogP contribution >= 0.6 is 0 Å². The second kappa shape index (κ2) is 9.13. The number of rotatable bonds is 6. The van der Waals surface area contributed by atoms with Crippen LogP contribution in [0.15, 0.2) is 72.8 Å². The third kappa shape index (κ3) is 4.78. The molecule has 0 unspecified atom stereocenters. The molecule has 6 heteroatoms. The Kier molecular flexibility index (Phi) is 5.94. The third-order valence-electron chi connectivity index (χ3n) is 4.61. The van der Waals surface area contributed by atoms with Crippen molar-refractivity contribution in [2.45, 2.75) is 6.42 Å². The summed E-state index contributed by atoms with van der Waals surface area (Å²) in [6, 6.07) is 22.6. The van der Waals surface area contributed by atoms with Gasteiger partial charge < -0.3 is 19.5 Å². The van der Waals surface area contributed by atoms with Gasteiger partial charge in [0.1, 0.15) is 13.2 Å². The highest BCUT2D eigenvalue weighted by Gasteiger charge is 2.15. The smallest absolute Gasteiger partial charge is 0.310 e. The van der Waals surface area contributed by atoms with Crippen LogP contribution in [-0.4, -0.2) is 31.7 Å². The molecule has 0 atom stereocenters. The van der Waals surface area contributed by atoms with Gasteiger partial charge in [-0.3, -0.25) is 9.59 Å². The van der Waals surface area contributed by atoms with Gasteiger partial charge in [-0.25, -0.2) is 0 Å². The fraction of sp³-hybridized carbons (Fsp3) is 0.167. The van der Waals surface area contributed by atoms with E-state index < -0.39 is 11.9 Å². The molecule has 152 valence electrons. The van der Waals surface area contributed by atoms with E-state index in [-0.39, 0.29) is 13.0 Å². The molecular weight excluding hydrogens is 382 g/mol. The summed E-state index contributed by atoms with van der Waals surface area (Å²) in [5.74, 6) is 0.392. The molecule has 0 saturated heterocycles. The molecule has 0 aromatic heterocycles. The molecule has 4 rings (SSSR count). The Bertz CT molecular complexity index is 1050. The molecule has 1 aliphatic rings. The minimum atomic E-state index is -0.488. The van der Waals surface area contributed by atoms with Gasteiger partial charge in [-0.2, -0.15) is 0 Å². The number of hydrogen-bond acceptors (Lipinski definition) is 5. The number of fused-ring (bicyclic) bond motifs is 1. The SMILES string of the molecule is O=C(COC(=O)Cc1ccc2c(c1)OCCO2)Nc1ccccc1-c1ccccc1. The van der Waals surface area contributed by atoms with E-state index >= 15 is 0 Å². The lowest BCUT2D eigenvalue weighted by Gasteiger charge is -2.18. The van der Waals surface area contributed by atoms with Crippen LogP contribution in [-0.2, 0) is 20.7 Å². The molecule has 0 radical (unpaired) electrons. The van der Waals surface area contributed by atoms with E-state index in [0.717, 1.165) is 16.7 Å². The molecule has 1 amide bonds. The minimum Gasteiger partial charge on any atom is -0.486 e. The van der Waals surface area contributed by atoms with Gasteiger partial charge in [-0.1, -0.05) is 54.6 Å². The van der Waals surface area contributed by atoms with Crippen LogP contribution < -0.4 is 14.8 Å². The molecule has 0 saturated carbocycles. The summed E-state index contributed by atoms with van der Waals surface area (Å²) in [6.45, 7) is 0.634. The van der Waals surface area contributed by atoms with Crippen molar-refractivity contribution < 1.29 is 23.8 Å². The molecule has 3 aromatic carbocycles. The number of nitrogens with one attached hydrogen (secondary N) is 1. The number of carbonyl (C=O) groups excluding carboxylic acids is 2. The number of ether oxygens (including phenoxy) is 3. The fourth-order valence-electron chi connectivity index (χ4n) is 3.21. The lowest BCUT2D eigenvalue weighted by atomic mass is 10.0. The maximum Gasteiger partial charge on any atom is 0.310 e. The van der Waals surface area contributed by atoms with Gasteiger partial charge in [0.15, 0.2) is 18.1 Å². The summed E-state index contributed by atoms with van der Waals surface area (Å²) in [4.78, 5) is 24.5.